The molecule has 0 saturated heterocycles. The third kappa shape index (κ3) is 7.42. The third-order valence-electron chi connectivity index (χ3n) is 3.76. The monoisotopic (exact) mass is 432 g/mol. The molecule has 6 nitrogen and oxygen atoms in total. The maximum Gasteiger partial charge on any atom is 0.191 e. The van der Waals surface area contributed by atoms with Crippen LogP contribution in [0.3, 0.4) is 0 Å². The number of anilines is 2. The van der Waals surface area contributed by atoms with Crippen molar-refractivity contribution in [3.05, 3.63) is 96.1 Å². The predicted octanol–water partition coefficient (Wildman–Crippen LogP) is 4.33. The molecule has 0 radical (unpaired) electrons. The summed E-state index contributed by atoms with van der Waals surface area (Å²) >= 11 is 10.4. The van der Waals surface area contributed by atoms with E-state index in [1.165, 1.54) is 0 Å². The van der Waals surface area contributed by atoms with Crippen LogP contribution in [0.25, 0.3) is 0 Å². The summed E-state index contributed by atoms with van der Waals surface area (Å²) in [5.74, 6) is 0. The van der Waals surface area contributed by atoms with E-state index in [0.29, 0.717) is 10.2 Å². The SMILES string of the molecule is S=C(N/N=C/c1ccc(/C=N/NC(=S)Nc2ccccc2)cc1)Nc1ccccc1. The number of hydrazone groups is 2. The van der Waals surface area contributed by atoms with Crippen molar-refractivity contribution in [3.63, 3.8) is 0 Å². The normalized spacial score (nSPS) is 10.7. The molecule has 30 heavy (non-hydrogen) atoms. The van der Waals surface area contributed by atoms with Crippen LogP contribution in [0.1, 0.15) is 11.1 Å². The highest BCUT2D eigenvalue weighted by Gasteiger charge is 1.96. The first-order valence-corrected chi connectivity index (χ1v) is 9.91. The van der Waals surface area contributed by atoms with Gasteiger partial charge in [-0.15, -0.1) is 0 Å². The average molecular weight is 433 g/mol. The van der Waals surface area contributed by atoms with Crippen molar-refractivity contribution in [3.8, 4) is 0 Å². The lowest BCUT2D eigenvalue weighted by molar-refractivity contribution is 1.05. The lowest BCUT2D eigenvalue weighted by atomic mass is 10.2. The van der Waals surface area contributed by atoms with E-state index in [1.54, 1.807) is 12.4 Å². The molecule has 0 spiro atoms. The van der Waals surface area contributed by atoms with Gasteiger partial charge in [-0.25, -0.2) is 0 Å². The summed E-state index contributed by atoms with van der Waals surface area (Å²) < 4.78 is 0. The smallest absolute Gasteiger partial charge is 0.191 e. The highest BCUT2D eigenvalue weighted by molar-refractivity contribution is 7.80. The van der Waals surface area contributed by atoms with Crippen LogP contribution < -0.4 is 21.5 Å². The van der Waals surface area contributed by atoms with Crippen molar-refractivity contribution in [2.45, 2.75) is 0 Å². The van der Waals surface area contributed by atoms with Gasteiger partial charge in [0.05, 0.1) is 12.4 Å². The summed E-state index contributed by atoms with van der Waals surface area (Å²) in [6, 6.07) is 27.1. The molecule has 0 aliphatic carbocycles. The lowest BCUT2D eigenvalue weighted by Gasteiger charge is -2.06. The molecule has 0 unspecified atom stereocenters. The van der Waals surface area contributed by atoms with Gasteiger partial charge in [-0.05, 0) is 59.8 Å². The quantitative estimate of drug-likeness (QED) is 0.264. The Kier molecular flexibility index (Phi) is 8.02. The fourth-order valence-corrected chi connectivity index (χ4v) is 2.70. The van der Waals surface area contributed by atoms with Gasteiger partial charge in [0.1, 0.15) is 0 Å². The molecular formula is C22H20N6S2. The van der Waals surface area contributed by atoms with Crippen molar-refractivity contribution < 1.29 is 0 Å². The summed E-state index contributed by atoms with van der Waals surface area (Å²) in [4.78, 5) is 0. The van der Waals surface area contributed by atoms with Crippen molar-refractivity contribution in [1.82, 2.24) is 10.9 Å². The molecular weight excluding hydrogens is 412 g/mol. The largest absolute Gasteiger partial charge is 0.331 e. The molecule has 0 aliphatic rings. The minimum absolute atomic E-state index is 0.423. The molecule has 4 N–H and O–H groups in total. The van der Waals surface area contributed by atoms with Gasteiger partial charge in [-0.1, -0.05) is 60.7 Å². The van der Waals surface area contributed by atoms with E-state index in [9.17, 15) is 0 Å². The van der Waals surface area contributed by atoms with Crippen molar-refractivity contribution in [2.24, 2.45) is 10.2 Å². The van der Waals surface area contributed by atoms with Gasteiger partial charge in [0.2, 0.25) is 0 Å². The molecule has 0 bridgehead atoms. The second-order valence-corrected chi connectivity index (χ2v) is 6.86. The maximum absolute atomic E-state index is 5.21. The van der Waals surface area contributed by atoms with Crippen molar-refractivity contribution >= 4 is 58.5 Å². The molecule has 0 fully saturated rings. The summed E-state index contributed by atoms with van der Waals surface area (Å²) in [7, 11) is 0. The zero-order chi connectivity index (χ0) is 21.0. The Hall–Kier alpha value is -3.62. The standard InChI is InChI=1S/C22H20N6S2/c29-21(25-19-7-3-1-4-8-19)27-23-15-17-11-13-18(14-12-17)16-24-28-22(30)26-20-9-5-2-6-10-20/h1-16H,(H2,25,27,29)(H2,26,28,30)/b23-15+,24-16+. The molecule has 0 aliphatic heterocycles. The van der Waals surface area contributed by atoms with Crippen LogP contribution in [0, 0.1) is 0 Å². The number of nitrogens with one attached hydrogen (secondary N) is 4. The van der Waals surface area contributed by atoms with Crippen molar-refractivity contribution in [1.29, 1.82) is 0 Å². The molecule has 0 atom stereocenters. The van der Waals surface area contributed by atoms with E-state index in [1.807, 2.05) is 84.9 Å². The van der Waals surface area contributed by atoms with Gasteiger partial charge < -0.3 is 10.6 Å². The number of nitrogens with zero attached hydrogens (tertiary/aromatic N) is 2. The van der Waals surface area contributed by atoms with Gasteiger partial charge in [0.15, 0.2) is 10.2 Å². The predicted molar refractivity (Wildman–Crippen MR) is 133 cm³/mol. The van der Waals surface area contributed by atoms with Gasteiger partial charge in [0.25, 0.3) is 0 Å². The zero-order valence-corrected chi connectivity index (χ0v) is 17.6. The molecule has 3 rings (SSSR count). The fourth-order valence-electron chi connectivity index (χ4n) is 2.36. The molecule has 0 amide bonds. The summed E-state index contributed by atoms with van der Waals surface area (Å²) in [6.07, 6.45) is 3.38. The Bertz CT molecular complexity index is 934. The zero-order valence-electron chi connectivity index (χ0n) is 15.9. The van der Waals surface area contributed by atoms with Gasteiger partial charge in [-0.3, -0.25) is 10.9 Å². The van der Waals surface area contributed by atoms with Crippen LogP contribution in [-0.2, 0) is 0 Å². The molecule has 3 aromatic rings. The summed E-state index contributed by atoms with van der Waals surface area (Å²) in [5.41, 5.74) is 9.25. The molecule has 0 saturated carbocycles. The van der Waals surface area contributed by atoms with Crippen LogP contribution in [0.15, 0.2) is 95.1 Å². The Morgan fingerprint density at radius 1 is 0.567 bits per heavy atom. The van der Waals surface area contributed by atoms with Crippen LogP contribution in [-0.4, -0.2) is 22.7 Å². The van der Waals surface area contributed by atoms with Gasteiger partial charge in [-0.2, -0.15) is 10.2 Å². The Morgan fingerprint density at radius 2 is 0.933 bits per heavy atom. The molecule has 0 aromatic heterocycles. The Morgan fingerprint density at radius 3 is 1.30 bits per heavy atom. The van der Waals surface area contributed by atoms with Crippen LogP contribution >= 0.6 is 24.4 Å². The fraction of sp³-hybridized carbons (Fsp3) is 0. The molecule has 150 valence electrons. The number of benzene rings is 3. The van der Waals surface area contributed by atoms with Crippen LogP contribution in [0.4, 0.5) is 11.4 Å². The first-order chi connectivity index (χ1) is 14.7. The van der Waals surface area contributed by atoms with E-state index >= 15 is 0 Å². The second-order valence-electron chi connectivity index (χ2n) is 6.05. The number of hydrogen-bond donors (Lipinski definition) is 4. The van der Waals surface area contributed by atoms with Gasteiger partial charge in [0, 0.05) is 11.4 Å². The number of hydrogen-bond acceptors (Lipinski definition) is 4. The minimum atomic E-state index is 0.423. The number of rotatable bonds is 6. The van der Waals surface area contributed by atoms with E-state index < -0.39 is 0 Å². The minimum Gasteiger partial charge on any atom is -0.331 e. The Labute approximate surface area is 186 Å². The second kappa shape index (κ2) is 11.4. The van der Waals surface area contributed by atoms with E-state index in [2.05, 4.69) is 31.7 Å². The number of thiocarbonyl (C=S) groups is 2. The topological polar surface area (TPSA) is 72.8 Å². The highest BCUT2D eigenvalue weighted by Crippen LogP contribution is 2.05. The van der Waals surface area contributed by atoms with Crippen LogP contribution in [0.2, 0.25) is 0 Å². The van der Waals surface area contributed by atoms with Crippen molar-refractivity contribution in [2.75, 3.05) is 10.6 Å². The van der Waals surface area contributed by atoms with Crippen LogP contribution in [0.5, 0.6) is 0 Å². The molecule has 8 heteroatoms. The maximum atomic E-state index is 5.21. The summed E-state index contributed by atoms with van der Waals surface area (Å²) in [6.45, 7) is 0. The van der Waals surface area contributed by atoms with E-state index in [0.717, 1.165) is 22.5 Å². The highest BCUT2D eigenvalue weighted by atomic mass is 32.1. The Balaban J connectivity index is 1.42. The first kappa shape index (κ1) is 21.1. The number of para-hydroxylation sites is 2. The van der Waals surface area contributed by atoms with E-state index in [-0.39, 0.29) is 0 Å². The first-order valence-electron chi connectivity index (χ1n) is 9.09. The lowest BCUT2D eigenvalue weighted by Crippen LogP contribution is -2.23. The molecule has 3 aromatic carbocycles. The van der Waals surface area contributed by atoms with Gasteiger partial charge >= 0.3 is 0 Å². The summed E-state index contributed by atoms with van der Waals surface area (Å²) in [5, 5.41) is 15.2. The van der Waals surface area contributed by atoms with E-state index in [4.69, 9.17) is 24.4 Å². The molecule has 0 heterocycles. The average Bonchev–Trinajstić information content (AvgIpc) is 2.76. The third-order valence-corrected chi connectivity index (χ3v) is 4.15.